The molecule has 1 fully saturated rings. The first-order valence-corrected chi connectivity index (χ1v) is 8.61. The van der Waals surface area contributed by atoms with Crippen molar-refractivity contribution in [2.45, 2.75) is 25.0 Å². The summed E-state index contributed by atoms with van der Waals surface area (Å²) < 4.78 is 56.8. The number of ketones is 1. The minimum atomic E-state index is -3.13. The van der Waals surface area contributed by atoms with Gasteiger partial charge in [0.1, 0.15) is 22.7 Å². The molecule has 0 saturated carbocycles. The van der Waals surface area contributed by atoms with Crippen molar-refractivity contribution in [2.75, 3.05) is 6.54 Å². The minimum Gasteiger partial charge on any atom is -0.401 e. The molecule has 154 valence electrons. The van der Waals surface area contributed by atoms with Gasteiger partial charge < -0.3 is 15.4 Å². The van der Waals surface area contributed by atoms with Gasteiger partial charge in [-0.3, -0.25) is 4.79 Å². The van der Waals surface area contributed by atoms with Crippen LogP contribution >= 0.6 is 11.6 Å². The quantitative estimate of drug-likeness (QED) is 0.518. The SMILES string of the molecule is O=C1NC[C@@H](C(=O)CC(c2cnc(OC(F)F)nc2)c2ccc(F)c(Cl)c2F)N1. The summed E-state index contributed by atoms with van der Waals surface area (Å²) in [5, 5.41) is 4.09. The number of hydrogen-bond donors (Lipinski definition) is 2. The monoisotopic (exact) mass is 432 g/mol. The van der Waals surface area contributed by atoms with Crippen molar-refractivity contribution in [1.29, 1.82) is 0 Å². The van der Waals surface area contributed by atoms with Crippen molar-refractivity contribution in [3.05, 3.63) is 52.3 Å². The molecule has 1 unspecified atom stereocenters. The summed E-state index contributed by atoms with van der Waals surface area (Å²) in [6.45, 7) is -3.08. The van der Waals surface area contributed by atoms with Gasteiger partial charge in [-0.05, 0) is 17.2 Å². The van der Waals surface area contributed by atoms with E-state index in [0.717, 1.165) is 24.5 Å². The number of amides is 2. The Hall–Kier alpha value is -2.95. The van der Waals surface area contributed by atoms with E-state index in [-0.39, 0.29) is 24.1 Å². The van der Waals surface area contributed by atoms with Crippen molar-refractivity contribution in [3.8, 4) is 6.01 Å². The standard InChI is InChI=1S/C17H13ClF4N4O3/c18-13-10(19)2-1-8(14(13)20)9(3-12(27)11-6-23-16(28)26-11)7-4-24-17(25-5-7)29-15(21)22/h1-2,4-5,9,11,15H,3,6H2,(H2,23,26,28)/t9?,11-/m0/s1. The molecule has 1 aliphatic heterocycles. The second-order valence-corrected chi connectivity index (χ2v) is 6.45. The molecule has 2 aromatic rings. The fourth-order valence-electron chi connectivity index (χ4n) is 2.86. The van der Waals surface area contributed by atoms with E-state index < -0.39 is 53.1 Å². The topological polar surface area (TPSA) is 93.2 Å². The highest BCUT2D eigenvalue weighted by Crippen LogP contribution is 2.34. The smallest absolute Gasteiger partial charge is 0.389 e. The number of carbonyl (C=O) groups is 2. The number of nitrogens with one attached hydrogen (secondary N) is 2. The predicted octanol–water partition coefficient (Wildman–Crippen LogP) is 2.78. The molecule has 2 amide bonds. The number of ether oxygens (including phenoxy) is 1. The van der Waals surface area contributed by atoms with Gasteiger partial charge >= 0.3 is 18.7 Å². The molecule has 1 aromatic carbocycles. The molecule has 29 heavy (non-hydrogen) atoms. The average Bonchev–Trinajstić information content (AvgIpc) is 3.11. The van der Waals surface area contributed by atoms with Crippen LogP contribution in [0.25, 0.3) is 0 Å². The molecule has 2 heterocycles. The third-order valence-electron chi connectivity index (χ3n) is 4.25. The molecule has 0 spiro atoms. The van der Waals surface area contributed by atoms with Crippen LogP contribution in [0.4, 0.5) is 22.4 Å². The summed E-state index contributed by atoms with van der Waals surface area (Å²) in [7, 11) is 0. The Bertz CT molecular complexity index is 930. The molecule has 1 aliphatic rings. The zero-order chi connectivity index (χ0) is 21.1. The number of rotatable bonds is 7. The van der Waals surface area contributed by atoms with Crippen LogP contribution in [-0.2, 0) is 4.79 Å². The van der Waals surface area contributed by atoms with Crippen LogP contribution in [0, 0.1) is 11.6 Å². The first kappa shape index (κ1) is 20.8. The van der Waals surface area contributed by atoms with Gasteiger partial charge in [0.05, 0.1) is 0 Å². The second kappa shape index (κ2) is 8.60. The fourth-order valence-corrected chi connectivity index (χ4v) is 3.03. The van der Waals surface area contributed by atoms with Crippen LogP contribution in [0.15, 0.2) is 24.5 Å². The van der Waals surface area contributed by atoms with Gasteiger partial charge in [-0.15, -0.1) is 0 Å². The molecule has 7 nitrogen and oxygen atoms in total. The number of carbonyl (C=O) groups excluding carboxylic acids is 2. The Morgan fingerprint density at radius 1 is 1.28 bits per heavy atom. The lowest BCUT2D eigenvalue weighted by atomic mass is 9.87. The summed E-state index contributed by atoms with van der Waals surface area (Å²) in [5.41, 5.74) is 0.0620. The van der Waals surface area contributed by atoms with Crippen molar-refractivity contribution in [3.63, 3.8) is 0 Å². The lowest BCUT2D eigenvalue weighted by molar-refractivity contribution is -0.120. The Morgan fingerprint density at radius 2 is 1.97 bits per heavy atom. The van der Waals surface area contributed by atoms with Crippen molar-refractivity contribution < 1.29 is 31.9 Å². The summed E-state index contributed by atoms with van der Waals surface area (Å²) in [4.78, 5) is 31.1. The van der Waals surface area contributed by atoms with Crippen LogP contribution in [-0.4, -0.2) is 41.0 Å². The third kappa shape index (κ3) is 4.73. The van der Waals surface area contributed by atoms with Crippen LogP contribution in [0.5, 0.6) is 6.01 Å². The first-order chi connectivity index (χ1) is 13.8. The Balaban J connectivity index is 1.94. The van der Waals surface area contributed by atoms with E-state index in [4.69, 9.17) is 11.6 Å². The van der Waals surface area contributed by atoms with Crippen molar-refractivity contribution in [1.82, 2.24) is 20.6 Å². The zero-order valence-electron chi connectivity index (χ0n) is 14.5. The van der Waals surface area contributed by atoms with Gasteiger partial charge in [0.2, 0.25) is 0 Å². The highest BCUT2D eigenvalue weighted by atomic mass is 35.5. The normalized spacial score (nSPS) is 17.0. The van der Waals surface area contributed by atoms with Gasteiger partial charge in [0, 0.05) is 31.3 Å². The van der Waals surface area contributed by atoms with E-state index in [0.29, 0.717) is 0 Å². The van der Waals surface area contributed by atoms with Gasteiger partial charge in [-0.25, -0.2) is 23.5 Å². The van der Waals surface area contributed by atoms with Crippen LogP contribution in [0.3, 0.4) is 0 Å². The van der Waals surface area contributed by atoms with Gasteiger partial charge in [-0.1, -0.05) is 17.7 Å². The summed E-state index contributed by atoms with van der Waals surface area (Å²) in [6, 6.07) is 0.0771. The largest absolute Gasteiger partial charge is 0.401 e. The zero-order valence-corrected chi connectivity index (χ0v) is 15.2. The first-order valence-electron chi connectivity index (χ1n) is 8.23. The minimum absolute atomic E-state index is 0.0503. The number of benzene rings is 1. The molecule has 12 heteroatoms. The fraction of sp³-hybridized carbons (Fsp3) is 0.294. The molecule has 0 bridgehead atoms. The molecule has 1 saturated heterocycles. The highest BCUT2D eigenvalue weighted by molar-refractivity contribution is 6.31. The Kier molecular flexibility index (Phi) is 6.16. The van der Waals surface area contributed by atoms with E-state index >= 15 is 0 Å². The summed E-state index contributed by atoms with van der Waals surface area (Å²) in [6.07, 6.45) is 1.86. The molecule has 2 N–H and O–H groups in total. The summed E-state index contributed by atoms with van der Waals surface area (Å²) in [5.74, 6) is -3.52. The van der Waals surface area contributed by atoms with Crippen LogP contribution < -0.4 is 15.4 Å². The highest BCUT2D eigenvalue weighted by Gasteiger charge is 2.31. The Morgan fingerprint density at radius 3 is 2.55 bits per heavy atom. The average molecular weight is 433 g/mol. The number of halogens is 5. The number of alkyl halides is 2. The van der Waals surface area contributed by atoms with E-state index in [1.54, 1.807) is 0 Å². The van der Waals surface area contributed by atoms with Gasteiger partial charge in [-0.2, -0.15) is 8.78 Å². The molecule has 3 rings (SSSR count). The van der Waals surface area contributed by atoms with E-state index in [1.807, 2.05) is 0 Å². The number of nitrogens with zero attached hydrogens (tertiary/aromatic N) is 2. The molecule has 0 aliphatic carbocycles. The van der Waals surface area contributed by atoms with Crippen LogP contribution in [0.2, 0.25) is 5.02 Å². The van der Waals surface area contributed by atoms with Crippen molar-refractivity contribution >= 4 is 23.4 Å². The molecule has 1 aromatic heterocycles. The van der Waals surface area contributed by atoms with Gasteiger partial charge in [0.15, 0.2) is 5.78 Å². The van der Waals surface area contributed by atoms with Crippen LogP contribution in [0.1, 0.15) is 23.5 Å². The lowest BCUT2D eigenvalue weighted by Crippen LogP contribution is -2.35. The summed E-state index contributed by atoms with van der Waals surface area (Å²) >= 11 is 5.64. The van der Waals surface area contributed by atoms with E-state index in [2.05, 4.69) is 25.3 Å². The van der Waals surface area contributed by atoms with E-state index in [9.17, 15) is 27.2 Å². The maximum Gasteiger partial charge on any atom is 0.389 e. The molecular formula is C17H13ClF4N4O3. The van der Waals surface area contributed by atoms with Gasteiger partial charge in [0.25, 0.3) is 0 Å². The number of urea groups is 1. The maximum atomic E-state index is 14.6. The maximum absolute atomic E-state index is 14.6. The van der Waals surface area contributed by atoms with E-state index in [1.165, 1.54) is 0 Å². The number of aromatic nitrogens is 2. The predicted molar refractivity (Wildman–Crippen MR) is 91.8 cm³/mol. The number of hydrogen-bond acceptors (Lipinski definition) is 5. The van der Waals surface area contributed by atoms with Crippen molar-refractivity contribution in [2.24, 2.45) is 0 Å². The molecular weight excluding hydrogens is 420 g/mol. The molecule has 0 radical (unpaired) electrons. The molecule has 2 atom stereocenters. The second-order valence-electron chi connectivity index (χ2n) is 6.07. The Labute approximate surface area is 166 Å². The number of Topliss-reactive ketones (excluding diaryl/α,β-unsaturated/α-hetero) is 1. The lowest BCUT2D eigenvalue weighted by Gasteiger charge is -2.20. The third-order valence-corrected chi connectivity index (χ3v) is 4.60.